The normalized spacial score (nSPS) is 35.4. The highest BCUT2D eigenvalue weighted by molar-refractivity contribution is 14.2. The van der Waals surface area contributed by atoms with Gasteiger partial charge in [0, 0.05) is 0 Å². The van der Waals surface area contributed by atoms with Crippen LogP contribution in [0.15, 0.2) is 0 Å². The molecule has 1 heterocycles. The minimum absolute atomic E-state index is 0.290. The van der Waals surface area contributed by atoms with E-state index < -0.39 is 0 Å². The lowest BCUT2D eigenvalue weighted by Crippen LogP contribution is -2.05. The summed E-state index contributed by atoms with van der Waals surface area (Å²) in [6.07, 6.45) is 7.49. The van der Waals surface area contributed by atoms with E-state index in [1.165, 1.54) is 25.4 Å². The number of hydrogen-bond donors (Lipinski definition) is 0. The first kappa shape index (κ1) is 14.7. The lowest BCUT2D eigenvalue weighted by atomic mass is 10.2. The van der Waals surface area contributed by atoms with Crippen LogP contribution in [0.2, 0.25) is 0 Å². The Kier molecular flexibility index (Phi) is 6.95. The van der Waals surface area contributed by atoms with Gasteiger partial charge < -0.3 is 0 Å². The predicted molar refractivity (Wildman–Crippen MR) is 85.5 cm³/mol. The maximum atomic E-state index is 2.74. The molecule has 1 rings (SSSR count). The largest absolute Gasteiger partial charge is 0.101 e. The van der Waals surface area contributed by atoms with E-state index in [1.807, 2.05) is 0 Å². The van der Waals surface area contributed by atoms with Gasteiger partial charge in [0.1, 0.15) is 0 Å². The second kappa shape index (κ2) is 7.12. The molecule has 0 aliphatic carbocycles. The Morgan fingerprint density at radius 1 is 1.33 bits per heavy atom. The summed E-state index contributed by atoms with van der Waals surface area (Å²) in [7, 11) is 0.382. The lowest BCUT2D eigenvalue weighted by Gasteiger charge is -2.24. The first-order valence-corrected chi connectivity index (χ1v) is 12.3. The van der Waals surface area contributed by atoms with E-state index in [0.29, 0.717) is 13.5 Å². The van der Waals surface area contributed by atoms with E-state index in [-0.39, 0.29) is 0 Å². The van der Waals surface area contributed by atoms with Gasteiger partial charge in [-0.25, -0.2) is 0 Å². The standard InChI is InChI=1S/C12H25IP2/c1-5-10(2)15(13)9-8-14-11(3)6-7-12(14)4/h10-12H,5-9H2,1-4H3. The van der Waals surface area contributed by atoms with E-state index in [1.54, 1.807) is 6.16 Å². The molecular weight excluding hydrogens is 333 g/mol. The van der Waals surface area contributed by atoms with Gasteiger partial charge in [0.05, 0.1) is 0 Å². The zero-order chi connectivity index (χ0) is 11.4. The monoisotopic (exact) mass is 358 g/mol. The Hall–Kier alpha value is 1.59. The molecule has 1 aliphatic rings. The molecule has 15 heavy (non-hydrogen) atoms. The van der Waals surface area contributed by atoms with Crippen LogP contribution in [0.4, 0.5) is 0 Å². The summed E-state index contributed by atoms with van der Waals surface area (Å²) in [6, 6.07) is 0. The van der Waals surface area contributed by atoms with Crippen molar-refractivity contribution in [2.24, 2.45) is 0 Å². The van der Waals surface area contributed by atoms with E-state index in [4.69, 9.17) is 0 Å². The Morgan fingerprint density at radius 3 is 2.33 bits per heavy atom. The summed E-state index contributed by atoms with van der Waals surface area (Å²) in [6.45, 7) is 9.76. The Balaban J connectivity index is 2.29. The number of halogens is 1. The average Bonchev–Trinajstić information content (AvgIpc) is 2.54. The van der Waals surface area contributed by atoms with Crippen LogP contribution in [0.1, 0.15) is 47.0 Å². The van der Waals surface area contributed by atoms with Crippen LogP contribution in [0.3, 0.4) is 0 Å². The fraction of sp³-hybridized carbons (Fsp3) is 1.00. The van der Waals surface area contributed by atoms with Crippen molar-refractivity contribution in [3.8, 4) is 0 Å². The van der Waals surface area contributed by atoms with Crippen molar-refractivity contribution < 1.29 is 0 Å². The lowest BCUT2D eigenvalue weighted by molar-refractivity contribution is 0.777. The van der Waals surface area contributed by atoms with Gasteiger partial charge in [-0.15, -0.1) is 7.92 Å². The van der Waals surface area contributed by atoms with Gasteiger partial charge in [0.15, 0.2) is 0 Å². The minimum Gasteiger partial charge on any atom is -0.101 e. The van der Waals surface area contributed by atoms with Crippen molar-refractivity contribution >= 4 is 35.5 Å². The van der Waals surface area contributed by atoms with Crippen molar-refractivity contribution in [3.05, 3.63) is 0 Å². The maximum absolute atomic E-state index is 2.74. The van der Waals surface area contributed by atoms with Gasteiger partial charge >= 0.3 is 0 Å². The molecular formula is C12H25IP2. The molecule has 0 N–H and O–H groups in total. The van der Waals surface area contributed by atoms with Crippen LogP contribution in [-0.2, 0) is 0 Å². The molecule has 0 nitrogen and oxygen atoms in total. The third-order valence-corrected chi connectivity index (χ3v) is 13.9. The van der Waals surface area contributed by atoms with Crippen LogP contribution in [0, 0.1) is 0 Å². The Labute approximate surface area is 111 Å². The van der Waals surface area contributed by atoms with Crippen molar-refractivity contribution in [1.82, 2.24) is 0 Å². The Bertz CT molecular complexity index is 176. The highest BCUT2D eigenvalue weighted by Crippen LogP contribution is 2.59. The summed E-state index contributed by atoms with van der Waals surface area (Å²) in [4.78, 5) is 0. The molecule has 0 aromatic rings. The minimum atomic E-state index is 0.290. The average molecular weight is 358 g/mol. The summed E-state index contributed by atoms with van der Waals surface area (Å²) in [5.41, 5.74) is 3.39. The molecule has 1 fully saturated rings. The SMILES string of the molecule is CCC(C)P(I)CCP1C(C)CCC1C. The molecule has 0 saturated carbocycles. The molecule has 3 heteroatoms. The van der Waals surface area contributed by atoms with E-state index in [0.717, 1.165) is 17.0 Å². The van der Waals surface area contributed by atoms with E-state index in [2.05, 4.69) is 49.7 Å². The molecule has 0 aromatic carbocycles. The highest BCUT2D eigenvalue weighted by atomic mass is 127. The zero-order valence-corrected chi connectivity index (χ0v) is 14.5. The Morgan fingerprint density at radius 2 is 1.87 bits per heavy atom. The fourth-order valence-electron chi connectivity index (χ4n) is 2.32. The van der Waals surface area contributed by atoms with Crippen LogP contribution >= 0.6 is 35.5 Å². The molecule has 4 atom stereocenters. The zero-order valence-electron chi connectivity index (χ0n) is 10.5. The second-order valence-corrected chi connectivity index (χ2v) is 14.0. The van der Waals surface area contributed by atoms with Gasteiger partial charge in [0.25, 0.3) is 0 Å². The van der Waals surface area contributed by atoms with Crippen LogP contribution in [0.25, 0.3) is 0 Å². The highest BCUT2D eigenvalue weighted by Gasteiger charge is 2.29. The molecule has 1 aliphatic heterocycles. The number of hydrogen-bond acceptors (Lipinski definition) is 0. The van der Waals surface area contributed by atoms with Gasteiger partial charge in [0.2, 0.25) is 0 Å². The van der Waals surface area contributed by atoms with Crippen molar-refractivity contribution in [3.63, 3.8) is 0 Å². The van der Waals surface area contributed by atoms with E-state index in [9.17, 15) is 0 Å². The first-order chi connectivity index (χ1) is 7.06. The summed E-state index contributed by atoms with van der Waals surface area (Å²) >= 11 is 2.74. The van der Waals surface area contributed by atoms with E-state index >= 15 is 0 Å². The van der Waals surface area contributed by atoms with Gasteiger partial charge in [-0.05, 0) is 54.1 Å². The van der Waals surface area contributed by atoms with Gasteiger partial charge in [-0.2, -0.15) is 0 Å². The molecule has 0 amide bonds. The predicted octanol–water partition coefficient (Wildman–Crippen LogP) is 5.67. The molecule has 0 aromatic heterocycles. The third-order valence-electron chi connectivity index (χ3n) is 3.78. The fourth-order valence-corrected chi connectivity index (χ4v) is 10.7. The van der Waals surface area contributed by atoms with Crippen LogP contribution in [-0.4, -0.2) is 29.3 Å². The smallest absolute Gasteiger partial charge is 0.0150 e. The molecule has 0 radical (unpaired) electrons. The maximum Gasteiger partial charge on any atom is -0.0150 e. The van der Waals surface area contributed by atoms with Gasteiger partial charge in [-0.1, -0.05) is 49.7 Å². The van der Waals surface area contributed by atoms with Gasteiger partial charge in [-0.3, -0.25) is 0 Å². The third kappa shape index (κ3) is 4.40. The summed E-state index contributed by atoms with van der Waals surface area (Å²) in [5.74, 6) is 0. The van der Waals surface area contributed by atoms with Crippen LogP contribution in [0.5, 0.6) is 0 Å². The molecule has 90 valence electrons. The summed E-state index contributed by atoms with van der Waals surface area (Å²) in [5, 5.41) is 0. The topological polar surface area (TPSA) is 0 Å². The molecule has 1 saturated heterocycles. The summed E-state index contributed by atoms with van der Waals surface area (Å²) < 4.78 is 0. The quantitative estimate of drug-likeness (QED) is 0.439. The number of rotatable bonds is 5. The van der Waals surface area contributed by atoms with Crippen molar-refractivity contribution in [2.45, 2.75) is 63.9 Å². The molecule has 4 unspecified atom stereocenters. The second-order valence-electron chi connectivity index (χ2n) is 4.89. The van der Waals surface area contributed by atoms with Crippen LogP contribution < -0.4 is 0 Å². The first-order valence-electron chi connectivity index (χ1n) is 6.24. The van der Waals surface area contributed by atoms with Crippen molar-refractivity contribution in [2.75, 3.05) is 12.3 Å². The molecule has 0 spiro atoms. The van der Waals surface area contributed by atoms with Crippen molar-refractivity contribution in [1.29, 1.82) is 0 Å². The molecule has 0 bridgehead atoms.